The van der Waals surface area contributed by atoms with Crippen molar-refractivity contribution < 1.29 is 8.78 Å². The highest BCUT2D eigenvalue weighted by Crippen LogP contribution is 2.24. The van der Waals surface area contributed by atoms with Crippen LogP contribution in [0.1, 0.15) is 18.4 Å². The van der Waals surface area contributed by atoms with Gasteiger partial charge in [-0.3, -0.25) is 4.99 Å². The minimum absolute atomic E-state index is 0.334. The highest BCUT2D eigenvalue weighted by molar-refractivity contribution is 5.78. The molecule has 0 radical (unpaired) electrons. The number of benzene rings is 1. The Labute approximate surface area is 105 Å². The van der Waals surface area contributed by atoms with Gasteiger partial charge in [-0.25, -0.2) is 8.78 Å². The number of nitrogens with zero attached hydrogens (tertiary/aromatic N) is 2. The Balaban J connectivity index is 1.90. The van der Waals surface area contributed by atoms with Crippen LogP contribution in [0.5, 0.6) is 0 Å². The Kier molecular flexibility index (Phi) is 3.79. The van der Waals surface area contributed by atoms with Crippen molar-refractivity contribution in [1.82, 2.24) is 4.90 Å². The molecule has 0 aliphatic heterocycles. The first-order valence-electron chi connectivity index (χ1n) is 6.04. The third kappa shape index (κ3) is 3.18. The van der Waals surface area contributed by atoms with Crippen LogP contribution in [-0.2, 0) is 6.42 Å². The fraction of sp³-hybridized carbons (Fsp3) is 0.462. The summed E-state index contributed by atoms with van der Waals surface area (Å²) in [6, 6.07) is 3.94. The summed E-state index contributed by atoms with van der Waals surface area (Å²) >= 11 is 0. The van der Waals surface area contributed by atoms with E-state index in [-0.39, 0.29) is 0 Å². The van der Waals surface area contributed by atoms with Gasteiger partial charge in [0.1, 0.15) is 11.6 Å². The minimum Gasteiger partial charge on any atom is -0.370 e. The van der Waals surface area contributed by atoms with Gasteiger partial charge in [0.15, 0.2) is 5.96 Å². The Hall–Kier alpha value is -1.65. The van der Waals surface area contributed by atoms with Crippen molar-refractivity contribution >= 4 is 5.96 Å². The van der Waals surface area contributed by atoms with E-state index in [0.717, 1.165) is 25.0 Å². The maximum absolute atomic E-state index is 13.3. The fourth-order valence-corrected chi connectivity index (χ4v) is 1.79. The molecule has 1 fully saturated rings. The number of aliphatic imine (C=N–C) groups is 1. The molecule has 0 amide bonds. The summed E-state index contributed by atoms with van der Waals surface area (Å²) in [5.74, 6) is -0.367. The number of hydrogen-bond acceptors (Lipinski definition) is 1. The number of halogens is 2. The van der Waals surface area contributed by atoms with E-state index < -0.39 is 11.6 Å². The normalized spacial score (nSPS) is 15.8. The molecule has 1 saturated carbocycles. The van der Waals surface area contributed by atoms with Gasteiger partial charge in [-0.05, 0) is 43.0 Å². The molecule has 0 unspecified atom stereocenters. The predicted molar refractivity (Wildman–Crippen MR) is 67.3 cm³/mol. The Morgan fingerprint density at radius 2 is 2.17 bits per heavy atom. The van der Waals surface area contributed by atoms with Crippen molar-refractivity contribution in [3.63, 3.8) is 0 Å². The van der Waals surface area contributed by atoms with Crippen LogP contribution in [0.25, 0.3) is 0 Å². The van der Waals surface area contributed by atoms with E-state index in [1.807, 2.05) is 11.9 Å². The van der Waals surface area contributed by atoms with Crippen LogP contribution in [0, 0.1) is 11.6 Å². The third-order valence-corrected chi connectivity index (χ3v) is 3.12. The van der Waals surface area contributed by atoms with E-state index in [4.69, 9.17) is 5.73 Å². The zero-order valence-corrected chi connectivity index (χ0v) is 10.4. The van der Waals surface area contributed by atoms with Crippen molar-refractivity contribution in [2.24, 2.45) is 10.7 Å². The maximum atomic E-state index is 13.3. The second-order valence-corrected chi connectivity index (χ2v) is 4.57. The van der Waals surface area contributed by atoms with Crippen LogP contribution in [0.4, 0.5) is 8.78 Å². The van der Waals surface area contributed by atoms with Gasteiger partial charge in [-0.2, -0.15) is 0 Å². The molecule has 0 spiro atoms. The number of nitrogens with two attached hydrogens (primary N) is 1. The van der Waals surface area contributed by atoms with E-state index in [1.54, 1.807) is 0 Å². The van der Waals surface area contributed by atoms with Crippen molar-refractivity contribution in [2.75, 3.05) is 13.6 Å². The van der Waals surface area contributed by atoms with Crippen LogP contribution >= 0.6 is 0 Å². The first-order chi connectivity index (χ1) is 8.58. The summed E-state index contributed by atoms with van der Waals surface area (Å²) in [6.45, 7) is 0.364. The zero-order valence-electron chi connectivity index (χ0n) is 10.4. The topological polar surface area (TPSA) is 41.6 Å². The van der Waals surface area contributed by atoms with E-state index >= 15 is 0 Å². The summed E-state index contributed by atoms with van der Waals surface area (Å²) in [5, 5.41) is 0. The van der Waals surface area contributed by atoms with Crippen LogP contribution in [-0.4, -0.2) is 30.5 Å². The average molecular weight is 253 g/mol. The molecule has 2 N–H and O–H groups in total. The van der Waals surface area contributed by atoms with Crippen LogP contribution in [0.3, 0.4) is 0 Å². The summed E-state index contributed by atoms with van der Waals surface area (Å²) < 4.78 is 26.3. The zero-order chi connectivity index (χ0) is 13.1. The molecule has 0 bridgehead atoms. The average Bonchev–Trinajstić information content (AvgIpc) is 3.16. The molecule has 3 nitrogen and oxygen atoms in total. The standard InChI is InChI=1S/C13H17F2N3/c1-18(11-3-4-11)13(16)17-7-6-9-8-10(14)2-5-12(9)15/h2,5,8,11H,3-4,6-7H2,1H3,(H2,16,17). The maximum Gasteiger partial charge on any atom is 0.191 e. The first kappa shape index (κ1) is 12.8. The van der Waals surface area contributed by atoms with E-state index in [0.29, 0.717) is 30.5 Å². The SMILES string of the molecule is CN(C(N)=NCCc1cc(F)ccc1F)C1CC1. The van der Waals surface area contributed by atoms with E-state index in [1.165, 1.54) is 6.07 Å². The van der Waals surface area contributed by atoms with E-state index in [2.05, 4.69) is 4.99 Å². The molecule has 0 heterocycles. The lowest BCUT2D eigenvalue weighted by Gasteiger charge is -2.16. The minimum atomic E-state index is -0.432. The highest BCUT2D eigenvalue weighted by Gasteiger charge is 2.27. The summed E-state index contributed by atoms with van der Waals surface area (Å²) in [4.78, 5) is 6.12. The molecule has 98 valence electrons. The third-order valence-electron chi connectivity index (χ3n) is 3.12. The smallest absolute Gasteiger partial charge is 0.191 e. The van der Waals surface area contributed by atoms with Gasteiger partial charge in [0.2, 0.25) is 0 Å². The molecule has 1 aromatic carbocycles. The van der Waals surface area contributed by atoms with Gasteiger partial charge < -0.3 is 10.6 Å². The van der Waals surface area contributed by atoms with Crippen LogP contribution in [0.2, 0.25) is 0 Å². The van der Waals surface area contributed by atoms with Gasteiger partial charge in [-0.1, -0.05) is 0 Å². The summed E-state index contributed by atoms with van der Waals surface area (Å²) in [7, 11) is 1.90. The van der Waals surface area contributed by atoms with Gasteiger partial charge in [0.25, 0.3) is 0 Å². The van der Waals surface area contributed by atoms with Crippen LogP contribution in [0.15, 0.2) is 23.2 Å². The lowest BCUT2D eigenvalue weighted by Crippen LogP contribution is -2.35. The molecular formula is C13H17F2N3. The molecule has 1 aliphatic carbocycles. The van der Waals surface area contributed by atoms with Gasteiger partial charge >= 0.3 is 0 Å². The Morgan fingerprint density at radius 1 is 1.44 bits per heavy atom. The summed E-state index contributed by atoms with van der Waals surface area (Å²) in [5.41, 5.74) is 6.13. The Bertz CT molecular complexity index is 456. The van der Waals surface area contributed by atoms with Crippen molar-refractivity contribution in [1.29, 1.82) is 0 Å². The molecule has 0 aromatic heterocycles. The number of hydrogen-bond donors (Lipinski definition) is 1. The van der Waals surface area contributed by atoms with Gasteiger partial charge in [0, 0.05) is 19.6 Å². The fourth-order valence-electron chi connectivity index (χ4n) is 1.79. The van der Waals surface area contributed by atoms with Gasteiger partial charge in [-0.15, -0.1) is 0 Å². The number of rotatable bonds is 4. The quantitative estimate of drug-likeness (QED) is 0.658. The molecule has 5 heteroatoms. The summed E-state index contributed by atoms with van der Waals surface area (Å²) in [6.07, 6.45) is 2.64. The first-order valence-corrected chi connectivity index (χ1v) is 6.04. The molecule has 1 aliphatic rings. The molecule has 0 atom stereocenters. The van der Waals surface area contributed by atoms with Gasteiger partial charge in [0.05, 0.1) is 0 Å². The van der Waals surface area contributed by atoms with Crippen molar-refractivity contribution in [2.45, 2.75) is 25.3 Å². The largest absolute Gasteiger partial charge is 0.370 e. The molecule has 1 aromatic rings. The number of guanidine groups is 1. The predicted octanol–water partition coefficient (Wildman–Crippen LogP) is 1.92. The van der Waals surface area contributed by atoms with Crippen molar-refractivity contribution in [3.05, 3.63) is 35.4 Å². The van der Waals surface area contributed by atoms with E-state index in [9.17, 15) is 8.78 Å². The monoisotopic (exact) mass is 253 g/mol. The second kappa shape index (κ2) is 5.33. The lowest BCUT2D eigenvalue weighted by molar-refractivity contribution is 0.487. The highest BCUT2D eigenvalue weighted by atomic mass is 19.1. The van der Waals surface area contributed by atoms with Crippen LogP contribution < -0.4 is 5.73 Å². The van der Waals surface area contributed by atoms with Crippen molar-refractivity contribution in [3.8, 4) is 0 Å². The molecule has 2 rings (SSSR count). The molecule has 18 heavy (non-hydrogen) atoms. The molecule has 0 saturated heterocycles. The lowest BCUT2D eigenvalue weighted by atomic mass is 10.1. The Morgan fingerprint density at radius 3 is 2.83 bits per heavy atom. The molecular weight excluding hydrogens is 236 g/mol. The second-order valence-electron chi connectivity index (χ2n) is 4.57.